The second kappa shape index (κ2) is 4.71. The number of aldehydes is 1. The number of anilines is 1. The lowest BCUT2D eigenvalue weighted by molar-refractivity contribution is -0.384. The van der Waals surface area contributed by atoms with E-state index in [1.807, 2.05) is 0 Å². The van der Waals surface area contributed by atoms with E-state index in [1.165, 1.54) is 12.1 Å². The summed E-state index contributed by atoms with van der Waals surface area (Å²) < 4.78 is 0. The Hall–Kier alpha value is -1.62. The first-order valence-electron chi connectivity index (χ1n) is 5.27. The number of aryl methyl sites for hydroxylation is 1. The molecule has 0 saturated carbocycles. The van der Waals surface area contributed by atoms with Crippen LogP contribution >= 0.6 is 11.6 Å². The van der Waals surface area contributed by atoms with Gasteiger partial charge in [-0.3, -0.25) is 14.9 Å². The number of nitro groups is 1. The normalized spacial score (nSPS) is 16.2. The van der Waals surface area contributed by atoms with Crippen LogP contribution in [0, 0.1) is 10.1 Å². The highest BCUT2D eigenvalue weighted by atomic mass is 35.5. The molecule has 1 heterocycles. The molecule has 0 spiro atoms. The van der Waals surface area contributed by atoms with Crippen molar-refractivity contribution in [2.45, 2.75) is 18.3 Å². The van der Waals surface area contributed by atoms with Gasteiger partial charge in [-0.1, -0.05) is 17.7 Å². The fourth-order valence-electron chi connectivity index (χ4n) is 2.03. The summed E-state index contributed by atoms with van der Waals surface area (Å²) in [6, 6.07) is 4.69. The molecule has 17 heavy (non-hydrogen) atoms. The number of rotatable bonds is 3. The molecule has 6 heteroatoms. The van der Waals surface area contributed by atoms with E-state index in [4.69, 9.17) is 11.6 Å². The standard InChI is InChI=1S/C11H11ClN2O3/c12-11(7-15)13-5-1-2-8-3-4-9(14(16)17)6-10(8)13/h3-4,6-7,11H,1-2,5H2. The molecule has 90 valence electrons. The SMILES string of the molecule is O=CC(Cl)N1CCCc2ccc([N+](=O)[O-])cc21. The van der Waals surface area contributed by atoms with Gasteiger partial charge in [-0.05, 0) is 18.4 Å². The molecule has 0 aromatic heterocycles. The van der Waals surface area contributed by atoms with Crippen LogP contribution in [0.3, 0.4) is 0 Å². The van der Waals surface area contributed by atoms with E-state index < -0.39 is 10.4 Å². The minimum absolute atomic E-state index is 0.0189. The highest BCUT2D eigenvalue weighted by Gasteiger charge is 2.24. The molecular weight excluding hydrogens is 244 g/mol. The highest BCUT2D eigenvalue weighted by Crippen LogP contribution is 2.32. The third kappa shape index (κ3) is 2.24. The molecule has 1 aliphatic heterocycles. The molecule has 0 N–H and O–H groups in total. The molecule has 0 aliphatic carbocycles. The molecule has 0 saturated heterocycles. The van der Waals surface area contributed by atoms with Crippen molar-refractivity contribution in [1.29, 1.82) is 0 Å². The Morgan fingerprint density at radius 2 is 2.29 bits per heavy atom. The summed E-state index contributed by atoms with van der Waals surface area (Å²) in [7, 11) is 0. The predicted molar refractivity (Wildman–Crippen MR) is 64.5 cm³/mol. The lowest BCUT2D eigenvalue weighted by Gasteiger charge is -2.32. The number of carbonyl (C=O) groups is 1. The van der Waals surface area contributed by atoms with Crippen molar-refractivity contribution in [3.63, 3.8) is 0 Å². The van der Waals surface area contributed by atoms with E-state index in [0.29, 0.717) is 18.5 Å². The maximum atomic E-state index is 10.7. The predicted octanol–water partition coefficient (Wildman–Crippen LogP) is 2.11. The van der Waals surface area contributed by atoms with Gasteiger partial charge in [-0.15, -0.1) is 0 Å². The van der Waals surface area contributed by atoms with Crippen molar-refractivity contribution in [3.05, 3.63) is 33.9 Å². The summed E-state index contributed by atoms with van der Waals surface area (Å²) in [5.74, 6) is 0. The van der Waals surface area contributed by atoms with Crippen LogP contribution in [0.1, 0.15) is 12.0 Å². The van der Waals surface area contributed by atoms with Crippen LogP contribution in [0.4, 0.5) is 11.4 Å². The van der Waals surface area contributed by atoms with Crippen molar-refractivity contribution < 1.29 is 9.72 Å². The number of alkyl halides is 1. The molecule has 5 nitrogen and oxygen atoms in total. The van der Waals surface area contributed by atoms with Gasteiger partial charge >= 0.3 is 0 Å². The van der Waals surface area contributed by atoms with Gasteiger partial charge in [0, 0.05) is 24.4 Å². The maximum absolute atomic E-state index is 10.7. The molecule has 1 aromatic carbocycles. The topological polar surface area (TPSA) is 63.5 Å². The van der Waals surface area contributed by atoms with Gasteiger partial charge in [0.05, 0.1) is 4.92 Å². The van der Waals surface area contributed by atoms with Crippen LogP contribution in [0.5, 0.6) is 0 Å². The number of benzene rings is 1. The molecule has 0 radical (unpaired) electrons. The second-order valence-electron chi connectivity index (χ2n) is 3.88. The Morgan fingerprint density at radius 3 is 2.94 bits per heavy atom. The Morgan fingerprint density at radius 1 is 1.53 bits per heavy atom. The average molecular weight is 255 g/mol. The zero-order valence-corrected chi connectivity index (χ0v) is 9.76. The summed E-state index contributed by atoms with van der Waals surface area (Å²) in [4.78, 5) is 22.7. The van der Waals surface area contributed by atoms with Crippen LogP contribution in [0.15, 0.2) is 18.2 Å². The van der Waals surface area contributed by atoms with E-state index in [2.05, 4.69) is 0 Å². The second-order valence-corrected chi connectivity index (χ2v) is 4.32. The van der Waals surface area contributed by atoms with Gasteiger partial charge in [0.15, 0.2) is 11.8 Å². The summed E-state index contributed by atoms with van der Waals surface area (Å²) in [6.45, 7) is 0.640. The zero-order chi connectivity index (χ0) is 12.4. The Kier molecular flexibility index (Phi) is 3.28. The Balaban J connectivity index is 2.44. The Labute approximate surface area is 103 Å². The first-order chi connectivity index (χ1) is 8.13. The van der Waals surface area contributed by atoms with Gasteiger partial charge in [0.25, 0.3) is 5.69 Å². The average Bonchev–Trinajstić information content (AvgIpc) is 2.36. The van der Waals surface area contributed by atoms with Gasteiger partial charge in [0.1, 0.15) is 0 Å². The third-order valence-electron chi connectivity index (χ3n) is 2.84. The summed E-state index contributed by atoms with van der Waals surface area (Å²) in [5.41, 5.74) is 0.938. The number of hydrogen-bond acceptors (Lipinski definition) is 4. The number of halogens is 1. The molecule has 0 fully saturated rings. The van der Waals surface area contributed by atoms with E-state index >= 15 is 0 Å². The summed E-state index contributed by atoms with van der Waals surface area (Å²) in [5, 5.41) is 10.7. The quantitative estimate of drug-likeness (QED) is 0.272. The van der Waals surface area contributed by atoms with Crippen molar-refractivity contribution in [2.24, 2.45) is 0 Å². The summed E-state index contributed by atoms with van der Waals surface area (Å²) >= 11 is 5.89. The largest absolute Gasteiger partial charge is 0.349 e. The lowest BCUT2D eigenvalue weighted by atomic mass is 10.0. The van der Waals surface area contributed by atoms with Crippen LogP contribution in [0.2, 0.25) is 0 Å². The number of carbonyl (C=O) groups excluding carboxylic acids is 1. The molecule has 2 rings (SSSR count). The van der Waals surface area contributed by atoms with Crippen LogP contribution < -0.4 is 4.90 Å². The zero-order valence-electron chi connectivity index (χ0n) is 9.01. The van der Waals surface area contributed by atoms with E-state index in [0.717, 1.165) is 18.4 Å². The third-order valence-corrected chi connectivity index (χ3v) is 3.18. The lowest BCUT2D eigenvalue weighted by Crippen LogP contribution is -2.36. The van der Waals surface area contributed by atoms with Crippen molar-refractivity contribution in [1.82, 2.24) is 0 Å². The first-order valence-corrected chi connectivity index (χ1v) is 5.70. The van der Waals surface area contributed by atoms with E-state index in [-0.39, 0.29) is 5.69 Å². The number of fused-ring (bicyclic) bond motifs is 1. The first kappa shape index (κ1) is 11.9. The molecule has 1 aromatic rings. The number of hydrogen-bond donors (Lipinski definition) is 0. The molecule has 1 unspecified atom stereocenters. The van der Waals surface area contributed by atoms with Gasteiger partial charge in [-0.2, -0.15) is 0 Å². The fourth-order valence-corrected chi connectivity index (χ4v) is 2.24. The van der Waals surface area contributed by atoms with Gasteiger partial charge in [-0.25, -0.2) is 0 Å². The highest BCUT2D eigenvalue weighted by molar-refractivity contribution is 6.29. The molecule has 0 bridgehead atoms. The van der Waals surface area contributed by atoms with Crippen molar-refractivity contribution in [2.75, 3.05) is 11.4 Å². The smallest absolute Gasteiger partial charge is 0.271 e. The summed E-state index contributed by atoms with van der Waals surface area (Å²) in [6.07, 6.45) is 2.38. The van der Waals surface area contributed by atoms with E-state index in [9.17, 15) is 14.9 Å². The Bertz CT molecular complexity index is 464. The maximum Gasteiger partial charge on any atom is 0.271 e. The van der Waals surface area contributed by atoms with Crippen LogP contribution in [-0.4, -0.2) is 23.3 Å². The van der Waals surface area contributed by atoms with Crippen molar-refractivity contribution in [3.8, 4) is 0 Å². The van der Waals surface area contributed by atoms with Gasteiger partial charge < -0.3 is 4.90 Å². The minimum Gasteiger partial charge on any atom is -0.349 e. The number of nitro benzene ring substituents is 1. The number of non-ortho nitro benzene ring substituents is 1. The fraction of sp³-hybridized carbons (Fsp3) is 0.364. The molecular formula is C11H11ClN2O3. The minimum atomic E-state index is -0.768. The van der Waals surface area contributed by atoms with Gasteiger partial charge in [0.2, 0.25) is 0 Å². The van der Waals surface area contributed by atoms with Crippen molar-refractivity contribution >= 4 is 29.3 Å². The van der Waals surface area contributed by atoms with Crippen LogP contribution in [-0.2, 0) is 11.2 Å². The molecule has 0 amide bonds. The van der Waals surface area contributed by atoms with E-state index in [1.54, 1.807) is 11.0 Å². The number of nitrogens with zero attached hydrogens (tertiary/aromatic N) is 2. The molecule has 1 atom stereocenters. The monoisotopic (exact) mass is 254 g/mol. The molecule has 1 aliphatic rings. The van der Waals surface area contributed by atoms with Crippen LogP contribution in [0.25, 0.3) is 0 Å².